The molecule has 1 aromatic heterocycles. The van der Waals surface area contributed by atoms with Gasteiger partial charge in [-0.25, -0.2) is 0 Å². The highest BCUT2D eigenvalue weighted by molar-refractivity contribution is 7.10. The Morgan fingerprint density at radius 2 is 2.16 bits per heavy atom. The minimum Gasteiger partial charge on any atom is -0.331 e. The number of hydrogen-bond acceptors (Lipinski definition) is 2. The van der Waals surface area contributed by atoms with Crippen LogP contribution in [0.3, 0.4) is 0 Å². The average Bonchev–Trinajstić information content (AvgIpc) is 2.88. The number of hydrogen-bond donors (Lipinski definition) is 0. The van der Waals surface area contributed by atoms with Crippen molar-refractivity contribution in [1.29, 1.82) is 0 Å². The highest BCUT2D eigenvalue weighted by Gasteiger charge is 2.29. The van der Waals surface area contributed by atoms with Gasteiger partial charge in [0.2, 0.25) is 0 Å². The molecule has 0 spiro atoms. The first-order valence-electron chi connectivity index (χ1n) is 6.30. The van der Waals surface area contributed by atoms with E-state index in [0.717, 1.165) is 13.0 Å². The number of fused-ring (bicyclic) bond motifs is 1. The van der Waals surface area contributed by atoms with Gasteiger partial charge in [-0.05, 0) is 42.5 Å². The van der Waals surface area contributed by atoms with Gasteiger partial charge in [-0.1, -0.05) is 23.7 Å². The van der Waals surface area contributed by atoms with Crippen LogP contribution in [0.2, 0.25) is 5.02 Å². The van der Waals surface area contributed by atoms with Crippen molar-refractivity contribution in [3.05, 3.63) is 56.7 Å². The molecule has 3 rings (SSSR count). The smallest absolute Gasteiger partial charge is 0.255 e. The van der Waals surface area contributed by atoms with Gasteiger partial charge in [-0.3, -0.25) is 4.79 Å². The lowest BCUT2D eigenvalue weighted by atomic mass is 10.0. The zero-order valence-electron chi connectivity index (χ0n) is 10.6. The summed E-state index contributed by atoms with van der Waals surface area (Å²) in [5.74, 6) is 0.0231. The standard InChI is InChI=1S/C15H14ClNOS/c1-10-11-7-9-19-14(11)6-8-17(10)15(18)12-4-2-3-5-13(12)16/h2-5,7,9-10H,6,8H2,1H3. The molecule has 0 N–H and O–H groups in total. The third-order valence-corrected chi connectivity index (χ3v) is 4.97. The molecular weight excluding hydrogens is 278 g/mol. The fraction of sp³-hybridized carbons (Fsp3) is 0.267. The second-order valence-electron chi connectivity index (χ2n) is 4.70. The second kappa shape index (κ2) is 4.99. The van der Waals surface area contributed by atoms with Crippen LogP contribution in [0.25, 0.3) is 0 Å². The van der Waals surface area contributed by atoms with E-state index in [1.165, 1.54) is 10.4 Å². The average molecular weight is 292 g/mol. The van der Waals surface area contributed by atoms with Crippen molar-refractivity contribution in [3.63, 3.8) is 0 Å². The Morgan fingerprint density at radius 1 is 1.37 bits per heavy atom. The maximum atomic E-state index is 12.6. The van der Waals surface area contributed by atoms with Crippen molar-refractivity contribution >= 4 is 28.8 Å². The molecule has 1 aliphatic rings. The van der Waals surface area contributed by atoms with Crippen molar-refractivity contribution in [3.8, 4) is 0 Å². The first-order valence-corrected chi connectivity index (χ1v) is 7.56. The topological polar surface area (TPSA) is 20.3 Å². The number of amides is 1. The summed E-state index contributed by atoms with van der Waals surface area (Å²) in [6.07, 6.45) is 0.938. The number of carbonyl (C=O) groups is 1. The Bertz CT molecular complexity index is 622. The van der Waals surface area contributed by atoms with Crippen LogP contribution < -0.4 is 0 Å². The molecule has 1 amide bonds. The molecule has 1 aliphatic heterocycles. The number of halogens is 1. The SMILES string of the molecule is CC1c2ccsc2CCN1C(=O)c1ccccc1Cl. The summed E-state index contributed by atoms with van der Waals surface area (Å²) < 4.78 is 0. The molecule has 0 saturated heterocycles. The summed E-state index contributed by atoms with van der Waals surface area (Å²) >= 11 is 7.90. The molecule has 1 atom stereocenters. The Balaban J connectivity index is 1.92. The van der Waals surface area contributed by atoms with E-state index in [2.05, 4.69) is 18.4 Å². The minimum absolute atomic E-state index is 0.0231. The van der Waals surface area contributed by atoms with Crippen LogP contribution in [0.1, 0.15) is 33.8 Å². The summed E-state index contributed by atoms with van der Waals surface area (Å²) in [7, 11) is 0. The van der Waals surface area contributed by atoms with Gasteiger partial charge in [-0.15, -0.1) is 11.3 Å². The third kappa shape index (κ3) is 2.17. The summed E-state index contributed by atoms with van der Waals surface area (Å²) in [6.45, 7) is 2.85. The molecule has 0 radical (unpaired) electrons. The Hall–Kier alpha value is -1.32. The maximum absolute atomic E-state index is 12.6. The van der Waals surface area contributed by atoms with Crippen molar-refractivity contribution in [2.45, 2.75) is 19.4 Å². The van der Waals surface area contributed by atoms with E-state index in [9.17, 15) is 4.79 Å². The number of thiophene rings is 1. The zero-order chi connectivity index (χ0) is 13.4. The van der Waals surface area contributed by atoms with Gasteiger partial charge in [0, 0.05) is 11.4 Å². The number of nitrogens with zero attached hydrogens (tertiary/aromatic N) is 1. The van der Waals surface area contributed by atoms with E-state index in [-0.39, 0.29) is 11.9 Å². The van der Waals surface area contributed by atoms with E-state index < -0.39 is 0 Å². The summed E-state index contributed by atoms with van der Waals surface area (Å²) in [4.78, 5) is 15.9. The van der Waals surface area contributed by atoms with Crippen molar-refractivity contribution < 1.29 is 4.79 Å². The van der Waals surface area contributed by atoms with Crippen LogP contribution in [0.15, 0.2) is 35.7 Å². The van der Waals surface area contributed by atoms with Gasteiger partial charge in [0.15, 0.2) is 0 Å². The first kappa shape index (κ1) is 12.7. The predicted molar refractivity (Wildman–Crippen MR) is 78.9 cm³/mol. The highest BCUT2D eigenvalue weighted by Crippen LogP contribution is 2.34. The van der Waals surface area contributed by atoms with E-state index in [1.807, 2.05) is 17.0 Å². The number of benzene rings is 1. The number of rotatable bonds is 1. The summed E-state index contributed by atoms with van der Waals surface area (Å²) in [5.41, 5.74) is 1.87. The first-order chi connectivity index (χ1) is 9.18. The summed E-state index contributed by atoms with van der Waals surface area (Å²) in [5, 5.41) is 2.63. The molecular formula is C15H14ClNOS. The molecule has 98 valence electrons. The lowest BCUT2D eigenvalue weighted by molar-refractivity contribution is 0.0679. The zero-order valence-corrected chi connectivity index (χ0v) is 12.2. The second-order valence-corrected chi connectivity index (χ2v) is 6.11. The molecule has 2 nitrogen and oxygen atoms in total. The predicted octanol–water partition coefficient (Wildman–Crippen LogP) is 4.16. The third-order valence-electron chi connectivity index (χ3n) is 3.64. The van der Waals surface area contributed by atoms with Crippen LogP contribution in [-0.2, 0) is 6.42 Å². The number of carbonyl (C=O) groups excluding carboxylic acids is 1. The molecule has 0 saturated carbocycles. The molecule has 0 aliphatic carbocycles. The molecule has 4 heteroatoms. The fourth-order valence-corrected chi connectivity index (χ4v) is 3.76. The quantitative estimate of drug-likeness (QED) is 0.772. The fourth-order valence-electron chi connectivity index (χ4n) is 2.58. The van der Waals surface area contributed by atoms with Crippen LogP contribution in [0.5, 0.6) is 0 Å². The van der Waals surface area contributed by atoms with Gasteiger partial charge < -0.3 is 4.90 Å². The van der Waals surface area contributed by atoms with Gasteiger partial charge in [-0.2, -0.15) is 0 Å². The van der Waals surface area contributed by atoms with Crippen LogP contribution in [0.4, 0.5) is 0 Å². The molecule has 2 aromatic rings. The van der Waals surface area contributed by atoms with Crippen molar-refractivity contribution in [2.75, 3.05) is 6.54 Å². The van der Waals surface area contributed by atoms with Gasteiger partial charge >= 0.3 is 0 Å². The molecule has 1 unspecified atom stereocenters. The monoisotopic (exact) mass is 291 g/mol. The van der Waals surface area contributed by atoms with E-state index in [1.54, 1.807) is 23.5 Å². The van der Waals surface area contributed by atoms with Crippen molar-refractivity contribution in [1.82, 2.24) is 4.90 Å². The van der Waals surface area contributed by atoms with Crippen LogP contribution in [-0.4, -0.2) is 17.4 Å². The van der Waals surface area contributed by atoms with Crippen molar-refractivity contribution in [2.24, 2.45) is 0 Å². The minimum atomic E-state index is 0.0231. The molecule has 1 aromatic carbocycles. The molecule has 19 heavy (non-hydrogen) atoms. The van der Waals surface area contributed by atoms with Gasteiger partial charge in [0.05, 0.1) is 16.6 Å². The normalized spacial score (nSPS) is 18.2. The lowest BCUT2D eigenvalue weighted by Crippen LogP contribution is -2.38. The molecule has 0 bridgehead atoms. The maximum Gasteiger partial charge on any atom is 0.255 e. The van der Waals surface area contributed by atoms with Gasteiger partial charge in [0.1, 0.15) is 0 Å². The Morgan fingerprint density at radius 3 is 2.95 bits per heavy atom. The lowest BCUT2D eigenvalue weighted by Gasteiger charge is -2.33. The van der Waals surface area contributed by atoms with Crippen LogP contribution >= 0.6 is 22.9 Å². The molecule has 2 heterocycles. The van der Waals surface area contributed by atoms with Crippen LogP contribution in [0, 0.1) is 0 Å². The van der Waals surface area contributed by atoms with E-state index >= 15 is 0 Å². The summed E-state index contributed by atoms with van der Waals surface area (Å²) in [6, 6.07) is 9.50. The molecule has 0 fully saturated rings. The Kier molecular flexibility index (Phi) is 3.33. The largest absolute Gasteiger partial charge is 0.331 e. The highest BCUT2D eigenvalue weighted by atomic mass is 35.5. The van der Waals surface area contributed by atoms with Gasteiger partial charge in [0.25, 0.3) is 5.91 Å². The van der Waals surface area contributed by atoms with E-state index in [4.69, 9.17) is 11.6 Å². The Labute approximate surface area is 121 Å². The van der Waals surface area contributed by atoms with E-state index in [0.29, 0.717) is 10.6 Å².